The maximum atomic E-state index is 13.1. The highest BCUT2D eigenvalue weighted by Crippen LogP contribution is 2.33. The lowest BCUT2D eigenvalue weighted by atomic mass is 9.88. The Morgan fingerprint density at radius 3 is 2.59 bits per heavy atom. The topological polar surface area (TPSA) is 51.7 Å². The summed E-state index contributed by atoms with van der Waals surface area (Å²) in [5.41, 5.74) is 2.09. The third-order valence-electron chi connectivity index (χ3n) is 5.47. The van der Waals surface area contributed by atoms with Crippen LogP contribution in [-0.4, -0.2) is 29.1 Å². The van der Waals surface area contributed by atoms with E-state index in [0.717, 1.165) is 29.2 Å². The van der Waals surface area contributed by atoms with Gasteiger partial charge in [-0.3, -0.25) is 9.78 Å². The zero-order valence-electron chi connectivity index (χ0n) is 15.6. The predicted octanol–water partition coefficient (Wildman–Crippen LogP) is 3.96. The third-order valence-corrected chi connectivity index (χ3v) is 5.47. The zero-order valence-corrected chi connectivity index (χ0v) is 15.6. The van der Waals surface area contributed by atoms with Gasteiger partial charge in [-0.15, -0.1) is 0 Å². The average molecular weight is 366 g/mol. The van der Waals surface area contributed by atoms with Crippen molar-refractivity contribution in [2.45, 2.75) is 45.1 Å². The molecule has 1 aromatic carbocycles. The van der Waals surface area contributed by atoms with Crippen LogP contribution >= 0.6 is 0 Å². The fourth-order valence-corrected chi connectivity index (χ4v) is 3.98. The lowest BCUT2D eigenvalue weighted by molar-refractivity contribution is -0.132. The Balaban J connectivity index is 1.46. The summed E-state index contributed by atoms with van der Waals surface area (Å²) in [7, 11) is 0. The molecule has 0 N–H and O–H groups in total. The Morgan fingerprint density at radius 2 is 1.78 bits per heavy atom. The maximum Gasteiger partial charge on any atom is 0.231 e. The minimum atomic E-state index is 0.163. The summed E-state index contributed by atoms with van der Waals surface area (Å²) in [5.74, 6) is 2.26. The van der Waals surface area contributed by atoms with Crippen LogP contribution in [0.1, 0.15) is 43.2 Å². The number of pyridine rings is 1. The normalized spacial score (nSPS) is 16.3. The molecule has 1 amide bonds. The van der Waals surface area contributed by atoms with E-state index in [2.05, 4.69) is 4.98 Å². The van der Waals surface area contributed by atoms with Crippen LogP contribution in [0.4, 0.5) is 0 Å². The van der Waals surface area contributed by atoms with E-state index < -0.39 is 0 Å². The van der Waals surface area contributed by atoms with Crippen molar-refractivity contribution < 1.29 is 14.3 Å². The SMILES string of the molecule is O=C(Cc1ccc2c(c1)OCO2)N(Cc1ccncc1)CC1CCCCC1. The number of carbonyl (C=O) groups is 1. The number of benzene rings is 1. The Bertz CT molecular complexity index is 772. The highest BCUT2D eigenvalue weighted by Gasteiger charge is 2.22. The first-order valence-electron chi connectivity index (χ1n) is 9.83. The Kier molecular flexibility index (Phi) is 5.56. The number of hydrogen-bond acceptors (Lipinski definition) is 4. The van der Waals surface area contributed by atoms with E-state index in [4.69, 9.17) is 9.47 Å². The van der Waals surface area contributed by atoms with Crippen LogP contribution in [0.15, 0.2) is 42.7 Å². The minimum absolute atomic E-state index is 0.163. The lowest BCUT2D eigenvalue weighted by Gasteiger charge is -2.30. The standard InChI is InChI=1S/C22H26N2O3/c25-22(13-19-6-7-20-21(12-19)27-16-26-20)24(14-17-4-2-1-3-5-17)15-18-8-10-23-11-9-18/h6-12,17H,1-5,13-16H2. The minimum Gasteiger partial charge on any atom is -0.454 e. The first kappa shape index (κ1) is 17.8. The van der Waals surface area contributed by atoms with Gasteiger partial charge in [0.1, 0.15) is 0 Å². The molecular formula is C22H26N2O3. The Morgan fingerprint density at radius 1 is 1.00 bits per heavy atom. The van der Waals surface area contributed by atoms with E-state index in [9.17, 15) is 4.79 Å². The van der Waals surface area contributed by atoms with Crippen molar-refractivity contribution in [3.05, 3.63) is 53.9 Å². The molecule has 2 aromatic rings. The van der Waals surface area contributed by atoms with E-state index in [1.54, 1.807) is 12.4 Å². The number of hydrogen-bond donors (Lipinski definition) is 0. The molecule has 27 heavy (non-hydrogen) atoms. The molecule has 0 bridgehead atoms. The van der Waals surface area contributed by atoms with Crippen LogP contribution in [0, 0.1) is 5.92 Å². The Hall–Kier alpha value is -2.56. The van der Waals surface area contributed by atoms with E-state index in [1.807, 2.05) is 35.2 Å². The number of ether oxygens (including phenoxy) is 2. The van der Waals surface area contributed by atoms with Gasteiger partial charge in [0.05, 0.1) is 6.42 Å². The molecule has 1 aliphatic carbocycles. The van der Waals surface area contributed by atoms with Gasteiger partial charge in [-0.25, -0.2) is 0 Å². The van der Waals surface area contributed by atoms with Crippen LogP contribution in [0.25, 0.3) is 0 Å². The number of fused-ring (bicyclic) bond motifs is 1. The molecular weight excluding hydrogens is 340 g/mol. The van der Waals surface area contributed by atoms with Gasteiger partial charge >= 0.3 is 0 Å². The van der Waals surface area contributed by atoms with Crippen molar-refractivity contribution in [3.63, 3.8) is 0 Å². The summed E-state index contributed by atoms with van der Waals surface area (Å²) >= 11 is 0. The first-order chi connectivity index (χ1) is 13.3. The van der Waals surface area contributed by atoms with E-state index in [0.29, 0.717) is 18.9 Å². The molecule has 142 valence electrons. The number of nitrogens with zero attached hydrogens (tertiary/aromatic N) is 2. The number of amides is 1. The lowest BCUT2D eigenvalue weighted by Crippen LogP contribution is -2.36. The summed E-state index contributed by atoms with van der Waals surface area (Å²) in [4.78, 5) is 19.2. The Labute approximate surface area is 160 Å². The van der Waals surface area contributed by atoms with Gasteiger partial charge < -0.3 is 14.4 Å². The highest BCUT2D eigenvalue weighted by atomic mass is 16.7. The van der Waals surface area contributed by atoms with E-state index >= 15 is 0 Å². The van der Waals surface area contributed by atoms with Gasteiger partial charge in [0.25, 0.3) is 0 Å². The molecule has 0 radical (unpaired) electrons. The molecule has 0 atom stereocenters. The van der Waals surface area contributed by atoms with Crippen LogP contribution in [0.3, 0.4) is 0 Å². The maximum absolute atomic E-state index is 13.1. The van der Waals surface area contributed by atoms with Crippen molar-refractivity contribution in [1.29, 1.82) is 0 Å². The summed E-state index contributed by atoms with van der Waals surface area (Å²) in [5, 5.41) is 0. The summed E-state index contributed by atoms with van der Waals surface area (Å²) < 4.78 is 10.8. The molecule has 0 saturated heterocycles. The van der Waals surface area contributed by atoms with Crippen molar-refractivity contribution in [2.24, 2.45) is 5.92 Å². The summed E-state index contributed by atoms with van der Waals surface area (Å²) in [6.07, 6.45) is 10.3. The van der Waals surface area contributed by atoms with E-state index in [1.165, 1.54) is 32.1 Å². The zero-order chi connectivity index (χ0) is 18.5. The summed E-state index contributed by atoms with van der Waals surface area (Å²) in [6, 6.07) is 9.74. The molecule has 1 aliphatic heterocycles. The molecule has 4 rings (SSSR count). The van der Waals surface area contributed by atoms with Crippen molar-refractivity contribution in [1.82, 2.24) is 9.88 Å². The van der Waals surface area contributed by atoms with Crippen LogP contribution in [0.2, 0.25) is 0 Å². The van der Waals surface area contributed by atoms with Gasteiger partial charge in [0.15, 0.2) is 11.5 Å². The fourth-order valence-electron chi connectivity index (χ4n) is 3.98. The molecule has 1 saturated carbocycles. The van der Waals surface area contributed by atoms with Gasteiger partial charge in [-0.1, -0.05) is 25.3 Å². The van der Waals surface area contributed by atoms with Crippen molar-refractivity contribution in [3.8, 4) is 11.5 Å². The second-order valence-electron chi connectivity index (χ2n) is 7.50. The van der Waals surface area contributed by atoms with Gasteiger partial charge in [-0.2, -0.15) is 0 Å². The molecule has 5 nitrogen and oxygen atoms in total. The molecule has 2 aliphatic rings. The molecule has 1 aromatic heterocycles. The van der Waals surface area contributed by atoms with Crippen LogP contribution < -0.4 is 9.47 Å². The van der Waals surface area contributed by atoms with Gasteiger partial charge in [0.2, 0.25) is 12.7 Å². The molecule has 2 heterocycles. The average Bonchev–Trinajstić information content (AvgIpc) is 3.17. The van der Waals surface area contributed by atoms with Gasteiger partial charge in [0, 0.05) is 25.5 Å². The van der Waals surface area contributed by atoms with Gasteiger partial charge in [-0.05, 0) is 54.2 Å². The first-order valence-corrected chi connectivity index (χ1v) is 9.83. The van der Waals surface area contributed by atoms with Crippen LogP contribution in [0.5, 0.6) is 11.5 Å². The highest BCUT2D eigenvalue weighted by molar-refractivity contribution is 5.79. The second kappa shape index (κ2) is 8.42. The smallest absolute Gasteiger partial charge is 0.231 e. The molecule has 0 unspecified atom stereocenters. The predicted molar refractivity (Wildman–Crippen MR) is 102 cm³/mol. The molecule has 1 fully saturated rings. The quantitative estimate of drug-likeness (QED) is 0.776. The molecule has 5 heteroatoms. The van der Waals surface area contributed by atoms with E-state index in [-0.39, 0.29) is 12.7 Å². The number of aromatic nitrogens is 1. The number of carbonyl (C=O) groups excluding carboxylic acids is 1. The third kappa shape index (κ3) is 4.59. The largest absolute Gasteiger partial charge is 0.454 e. The van der Waals surface area contributed by atoms with Crippen molar-refractivity contribution >= 4 is 5.91 Å². The summed E-state index contributed by atoms with van der Waals surface area (Å²) in [6.45, 7) is 1.73. The second-order valence-corrected chi connectivity index (χ2v) is 7.50. The number of rotatable bonds is 6. The van der Waals surface area contributed by atoms with Crippen LogP contribution in [-0.2, 0) is 17.8 Å². The van der Waals surface area contributed by atoms with Crippen molar-refractivity contribution in [2.75, 3.05) is 13.3 Å². The monoisotopic (exact) mass is 366 g/mol. The molecule has 0 spiro atoms. The fraction of sp³-hybridized carbons (Fsp3) is 0.455.